The third kappa shape index (κ3) is 3.91. The molecule has 0 aliphatic carbocycles. The van der Waals surface area contributed by atoms with E-state index in [1.165, 1.54) is 7.11 Å². The highest BCUT2D eigenvalue weighted by Crippen LogP contribution is 2.38. The number of para-hydroxylation sites is 1. The fraction of sp³-hybridized carbons (Fsp3) is 0.214. The second-order valence-corrected chi connectivity index (χ2v) is 8.27. The molecule has 2 aromatic carbocycles. The number of hydrogen-bond acceptors (Lipinski definition) is 3. The predicted molar refractivity (Wildman–Crippen MR) is 130 cm³/mol. The van der Waals surface area contributed by atoms with Crippen molar-refractivity contribution in [2.24, 2.45) is 0 Å². The fourth-order valence-electron chi connectivity index (χ4n) is 4.61. The third-order valence-electron chi connectivity index (χ3n) is 6.29. The maximum absolute atomic E-state index is 13.6. The minimum absolute atomic E-state index is 0.200. The lowest BCUT2D eigenvalue weighted by Gasteiger charge is -2.26. The lowest BCUT2D eigenvalue weighted by atomic mass is 10.0. The van der Waals surface area contributed by atoms with Crippen LogP contribution < -0.4 is 0 Å². The summed E-state index contributed by atoms with van der Waals surface area (Å²) >= 11 is 0. The number of nitrogens with zero attached hydrogens (tertiary/aromatic N) is 2. The van der Waals surface area contributed by atoms with Crippen molar-refractivity contribution in [1.82, 2.24) is 9.47 Å². The molecule has 0 unspecified atom stereocenters. The van der Waals surface area contributed by atoms with Crippen LogP contribution in [0.4, 0.5) is 0 Å². The molecule has 0 bridgehead atoms. The van der Waals surface area contributed by atoms with Gasteiger partial charge in [-0.2, -0.15) is 0 Å². The largest absolute Gasteiger partial charge is 0.465 e. The van der Waals surface area contributed by atoms with E-state index < -0.39 is 5.97 Å². The topological polar surface area (TPSA) is 51.5 Å². The minimum Gasteiger partial charge on any atom is -0.465 e. The number of aryl methyl sites for hydroxylation is 1. The lowest BCUT2D eigenvalue weighted by molar-refractivity contribution is -0.136. The van der Waals surface area contributed by atoms with Crippen LogP contribution in [0.1, 0.15) is 42.4 Å². The van der Waals surface area contributed by atoms with Gasteiger partial charge in [-0.1, -0.05) is 48.5 Å². The van der Waals surface area contributed by atoms with Crippen LogP contribution in [0.2, 0.25) is 0 Å². The molecule has 0 fully saturated rings. The molecule has 2 heterocycles. The molecule has 0 spiro atoms. The fourth-order valence-corrected chi connectivity index (χ4v) is 4.61. The molecule has 0 saturated carbocycles. The van der Waals surface area contributed by atoms with Crippen LogP contribution in [0.5, 0.6) is 0 Å². The number of allylic oxidation sites excluding steroid dienone is 1. The summed E-state index contributed by atoms with van der Waals surface area (Å²) < 4.78 is 7.20. The number of carbonyl (C=O) groups excluding carboxylic acids is 2. The van der Waals surface area contributed by atoms with Crippen molar-refractivity contribution < 1.29 is 14.3 Å². The molecule has 1 aliphatic rings. The quantitative estimate of drug-likeness (QED) is 0.387. The van der Waals surface area contributed by atoms with Crippen molar-refractivity contribution in [1.29, 1.82) is 0 Å². The summed E-state index contributed by atoms with van der Waals surface area (Å²) in [5.41, 5.74) is 6.26. The van der Waals surface area contributed by atoms with Gasteiger partial charge >= 0.3 is 5.97 Å². The Kier molecular flexibility index (Phi) is 6.05. The summed E-state index contributed by atoms with van der Waals surface area (Å²) in [6.07, 6.45) is 1.82. The van der Waals surface area contributed by atoms with Gasteiger partial charge in [-0.3, -0.25) is 4.79 Å². The number of rotatable bonds is 5. The number of hydrogen-bond donors (Lipinski definition) is 0. The maximum atomic E-state index is 13.6. The van der Waals surface area contributed by atoms with Crippen LogP contribution in [-0.2, 0) is 14.3 Å². The van der Waals surface area contributed by atoms with E-state index >= 15 is 0 Å². The van der Waals surface area contributed by atoms with E-state index in [4.69, 9.17) is 4.74 Å². The first kappa shape index (κ1) is 22.3. The van der Waals surface area contributed by atoms with E-state index in [0.717, 1.165) is 28.2 Å². The number of aromatic nitrogens is 1. The Balaban J connectivity index is 1.82. The van der Waals surface area contributed by atoms with Crippen molar-refractivity contribution in [2.45, 2.75) is 33.7 Å². The molecule has 0 radical (unpaired) electrons. The average molecular weight is 441 g/mol. The Morgan fingerprint density at radius 3 is 2.18 bits per heavy atom. The number of carbonyl (C=O) groups is 2. The summed E-state index contributed by atoms with van der Waals surface area (Å²) in [5, 5.41) is 0. The van der Waals surface area contributed by atoms with Crippen molar-refractivity contribution in [3.05, 3.63) is 106 Å². The van der Waals surface area contributed by atoms with Gasteiger partial charge in [0.25, 0.3) is 5.91 Å². The minimum atomic E-state index is -0.508. The van der Waals surface area contributed by atoms with Crippen molar-refractivity contribution >= 4 is 18.0 Å². The molecule has 0 saturated heterocycles. The lowest BCUT2D eigenvalue weighted by Crippen LogP contribution is -2.28. The standard InChI is InChI=1S/C28H28N2O3/c1-18-16-23(20(3)29(18)24-14-10-7-11-15-24)17-25-26(28(32)33-5)21(4)30(27(25)31)19(2)22-12-8-6-9-13-22/h6-17,19H,1-5H3/b25-17-/t19-/m1/s1. The van der Waals surface area contributed by atoms with Gasteiger partial charge in [0.2, 0.25) is 0 Å². The van der Waals surface area contributed by atoms with Crippen molar-refractivity contribution in [3.8, 4) is 5.69 Å². The van der Waals surface area contributed by atoms with E-state index in [0.29, 0.717) is 16.8 Å². The summed E-state index contributed by atoms with van der Waals surface area (Å²) in [6.45, 7) is 7.82. The van der Waals surface area contributed by atoms with Crippen molar-refractivity contribution in [2.75, 3.05) is 7.11 Å². The Hall–Kier alpha value is -3.86. The Morgan fingerprint density at radius 1 is 0.970 bits per heavy atom. The maximum Gasteiger partial charge on any atom is 0.340 e. The van der Waals surface area contributed by atoms with Crippen molar-refractivity contribution in [3.63, 3.8) is 0 Å². The molecular formula is C28H28N2O3. The van der Waals surface area contributed by atoms with Gasteiger partial charge in [0.05, 0.1) is 24.3 Å². The molecule has 4 rings (SSSR count). The normalized spacial score (nSPS) is 16.0. The molecule has 3 aromatic rings. The number of methoxy groups -OCH3 is 1. The Bertz CT molecular complexity index is 1270. The summed E-state index contributed by atoms with van der Waals surface area (Å²) in [4.78, 5) is 28.1. The van der Waals surface area contributed by atoms with E-state index in [1.807, 2.05) is 93.6 Å². The van der Waals surface area contributed by atoms with Crippen LogP contribution in [0.3, 0.4) is 0 Å². The molecule has 1 aromatic heterocycles. The zero-order chi connectivity index (χ0) is 23.7. The molecule has 1 atom stereocenters. The van der Waals surface area contributed by atoms with Gasteiger partial charge in [-0.25, -0.2) is 4.79 Å². The Morgan fingerprint density at radius 2 is 1.58 bits per heavy atom. The zero-order valence-electron chi connectivity index (χ0n) is 19.6. The predicted octanol–water partition coefficient (Wildman–Crippen LogP) is 5.53. The Labute approximate surface area is 194 Å². The van der Waals surface area contributed by atoms with Crippen LogP contribution in [0, 0.1) is 13.8 Å². The first-order valence-corrected chi connectivity index (χ1v) is 11.0. The van der Waals surface area contributed by atoms with Gasteiger partial charge in [0.1, 0.15) is 0 Å². The molecule has 5 nitrogen and oxygen atoms in total. The second-order valence-electron chi connectivity index (χ2n) is 8.27. The van der Waals surface area contributed by atoms with E-state index in [2.05, 4.69) is 4.57 Å². The van der Waals surface area contributed by atoms with Gasteiger partial charge in [-0.05, 0) is 63.1 Å². The zero-order valence-corrected chi connectivity index (χ0v) is 19.6. The highest BCUT2D eigenvalue weighted by atomic mass is 16.5. The summed E-state index contributed by atoms with van der Waals surface area (Å²) in [6, 6.07) is 21.7. The van der Waals surface area contributed by atoms with Gasteiger partial charge in [0.15, 0.2) is 0 Å². The van der Waals surface area contributed by atoms with Crippen LogP contribution in [-0.4, -0.2) is 28.5 Å². The molecule has 5 heteroatoms. The average Bonchev–Trinajstić information content (AvgIpc) is 3.25. The van der Waals surface area contributed by atoms with Gasteiger partial charge in [0, 0.05) is 22.8 Å². The van der Waals surface area contributed by atoms with Crippen LogP contribution in [0.25, 0.3) is 11.8 Å². The number of esters is 1. The summed E-state index contributed by atoms with van der Waals surface area (Å²) in [5.74, 6) is -0.708. The molecule has 1 amide bonds. The number of amides is 1. The van der Waals surface area contributed by atoms with Gasteiger partial charge in [-0.15, -0.1) is 0 Å². The van der Waals surface area contributed by atoms with E-state index in [9.17, 15) is 9.59 Å². The second kappa shape index (κ2) is 8.94. The highest BCUT2D eigenvalue weighted by molar-refractivity contribution is 6.16. The first-order chi connectivity index (χ1) is 15.8. The molecular weight excluding hydrogens is 412 g/mol. The molecule has 33 heavy (non-hydrogen) atoms. The van der Waals surface area contributed by atoms with Gasteiger partial charge < -0.3 is 14.2 Å². The van der Waals surface area contributed by atoms with E-state index in [1.54, 1.807) is 11.8 Å². The van der Waals surface area contributed by atoms with Crippen LogP contribution in [0.15, 0.2) is 83.6 Å². The monoisotopic (exact) mass is 440 g/mol. The SMILES string of the molecule is COC(=O)C1=C(C)N([C@H](C)c2ccccc2)C(=O)/C1=C\c1cc(C)n(-c2ccccc2)c1C. The molecule has 1 aliphatic heterocycles. The number of ether oxygens (including phenoxy) is 1. The third-order valence-corrected chi connectivity index (χ3v) is 6.29. The summed E-state index contributed by atoms with van der Waals surface area (Å²) in [7, 11) is 1.34. The smallest absolute Gasteiger partial charge is 0.340 e. The number of benzene rings is 2. The molecule has 168 valence electrons. The molecule has 0 N–H and O–H groups in total. The van der Waals surface area contributed by atoms with E-state index in [-0.39, 0.29) is 11.9 Å². The van der Waals surface area contributed by atoms with Crippen LogP contribution >= 0.6 is 0 Å². The highest BCUT2D eigenvalue weighted by Gasteiger charge is 2.39. The first-order valence-electron chi connectivity index (χ1n) is 11.0.